The molecule has 6 rings (SSSR count). The Morgan fingerprint density at radius 2 is 1.89 bits per heavy atom. The van der Waals surface area contributed by atoms with Crippen molar-refractivity contribution in [2.24, 2.45) is 0 Å². The lowest BCUT2D eigenvalue weighted by molar-refractivity contribution is -0.120. The third-order valence-corrected chi connectivity index (χ3v) is 5.97. The van der Waals surface area contributed by atoms with Gasteiger partial charge in [-0.3, -0.25) is 19.3 Å². The number of rotatable bonds is 2. The van der Waals surface area contributed by atoms with Crippen LogP contribution in [-0.2, 0) is 4.79 Å². The van der Waals surface area contributed by atoms with Crippen molar-refractivity contribution in [1.82, 2.24) is 24.8 Å². The summed E-state index contributed by atoms with van der Waals surface area (Å²) in [5, 5.41) is 3.63. The number of nitrogens with zero attached hydrogens (tertiary/aromatic N) is 5. The molecule has 1 N–H and O–H groups in total. The van der Waals surface area contributed by atoms with E-state index < -0.39 is 0 Å². The molecule has 1 amide bonds. The van der Waals surface area contributed by atoms with Crippen LogP contribution in [-0.4, -0.2) is 45.1 Å². The third kappa shape index (κ3) is 3.93. The summed E-state index contributed by atoms with van der Waals surface area (Å²) >= 11 is 0. The van der Waals surface area contributed by atoms with E-state index in [1.807, 2.05) is 41.0 Å². The van der Waals surface area contributed by atoms with Crippen molar-refractivity contribution < 1.29 is 9.18 Å². The Balaban J connectivity index is 1.43. The smallest absolute Gasteiger partial charge is 0.239 e. The number of hydrogen-bond acceptors (Lipinski definition) is 5. The first-order valence-electron chi connectivity index (χ1n) is 11.2. The van der Waals surface area contributed by atoms with Crippen LogP contribution in [0.5, 0.6) is 0 Å². The molecule has 0 radical (unpaired) electrons. The molecule has 3 aromatic heterocycles. The molecule has 8 heteroatoms. The number of carbonyl (C=O) groups is 1. The van der Waals surface area contributed by atoms with Gasteiger partial charge in [0, 0.05) is 48.1 Å². The molecule has 0 saturated carbocycles. The molecular weight excluding hydrogens is 443 g/mol. The minimum atomic E-state index is -0.388. The maximum Gasteiger partial charge on any atom is 0.239 e. The van der Waals surface area contributed by atoms with Crippen molar-refractivity contribution in [3.8, 4) is 17.5 Å². The van der Waals surface area contributed by atoms with Gasteiger partial charge in [-0.25, -0.2) is 9.37 Å². The van der Waals surface area contributed by atoms with Crippen LogP contribution in [0.2, 0.25) is 0 Å². The van der Waals surface area contributed by atoms with Crippen LogP contribution in [0.3, 0.4) is 0 Å². The van der Waals surface area contributed by atoms with Crippen LogP contribution in [0.15, 0.2) is 73.4 Å². The summed E-state index contributed by atoms with van der Waals surface area (Å²) in [6.45, 7) is 1.20. The van der Waals surface area contributed by atoms with Crippen LogP contribution < -0.4 is 10.2 Å². The van der Waals surface area contributed by atoms with Gasteiger partial charge >= 0.3 is 0 Å². The number of pyridine rings is 2. The van der Waals surface area contributed by atoms with E-state index in [1.54, 1.807) is 35.9 Å². The Morgan fingerprint density at radius 1 is 0.971 bits per heavy atom. The molecule has 1 aliphatic heterocycles. The van der Waals surface area contributed by atoms with Gasteiger partial charge in [0.15, 0.2) is 0 Å². The Morgan fingerprint density at radius 3 is 2.71 bits per heavy atom. The molecule has 35 heavy (non-hydrogen) atoms. The van der Waals surface area contributed by atoms with E-state index in [4.69, 9.17) is 0 Å². The molecule has 1 fully saturated rings. The van der Waals surface area contributed by atoms with Crippen molar-refractivity contribution in [3.63, 3.8) is 0 Å². The van der Waals surface area contributed by atoms with Crippen molar-refractivity contribution in [2.75, 3.05) is 24.5 Å². The molecule has 0 aliphatic carbocycles. The van der Waals surface area contributed by atoms with E-state index in [0.29, 0.717) is 30.0 Å². The Labute approximate surface area is 200 Å². The van der Waals surface area contributed by atoms with Gasteiger partial charge in [-0.2, -0.15) is 0 Å². The zero-order valence-corrected chi connectivity index (χ0v) is 18.6. The highest BCUT2D eigenvalue weighted by Crippen LogP contribution is 2.29. The minimum Gasteiger partial charge on any atom is -0.358 e. The van der Waals surface area contributed by atoms with E-state index in [9.17, 15) is 4.79 Å². The summed E-state index contributed by atoms with van der Waals surface area (Å²) in [5.41, 5.74) is 5.02. The largest absolute Gasteiger partial charge is 0.358 e. The lowest BCUT2D eigenvalue weighted by Gasteiger charge is -2.29. The fourth-order valence-corrected chi connectivity index (χ4v) is 4.29. The van der Waals surface area contributed by atoms with Gasteiger partial charge in [-0.05, 0) is 42.5 Å². The number of benzene rings is 2. The molecule has 0 spiro atoms. The van der Waals surface area contributed by atoms with E-state index in [0.717, 1.165) is 27.5 Å². The summed E-state index contributed by atoms with van der Waals surface area (Å²) in [6, 6.07) is 14.6. The second-order valence-electron chi connectivity index (χ2n) is 8.24. The maximum atomic E-state index is 15.2. The fourth-order valence-electron chi connectivity index (χ4n) is 4.29. The fraction of sp³-hybridized carbons (Fsp3) is 0.111. The number of halogens is 1. The maximum absolute atomic E-state index is 15.2. The summed E-state index contributed by atoms with van der Waals surface area (Å²) in [6.07, 6.45) is 6.82. The van der Waals surface area contributed by atoms with Crippen molar-refractivity contribution in [2.45, 2.75) is 0 Å². The first-order valence-corrected chi connectivity index (χ1v) is 11.2. The number of amides is 1. The lowest BCUT2D eigenvalue weighted by atomic mass is 10.1. The molecule has 0 atom stereocenters. The highest BCUT2D eigenvalue weighted by Gasteiger charge is 2.20. The monoisotopic (exact) mass is 462 g/mol. The molecule has 2 aromatic carbocycles. The quantitative estimate of drug-likeness (QED) is 0.407. The molecule has 0 unspecified atom stereocenters. The Kier molecular flexibility index (Phi) is 5.08. The predicted octanol–water partition coefficient (Wildman–Crippen LogP) is 3.44. The number of hydrogen-bond donors (Lipinski definition) is 1. The highest BCUT2D eigenvalue weighted by atomic mass is 19.1. The second-order valence-corrected chi connectivity index (χ2v) is 8.24. The van der Waals surface area contributed by atoms with Gasteiger partial charge in [0.2, 0.25) is 5.91 Å². The lowest BCUT2D eigenvalue weighted by Crippen LogP contribution is -2.48. The van der Waals surface area contributed by atoms with Crippen LogP contribution in [0.25, 0.3) is 27.6 Å². The van der Waals surface area contributed by atoms with Crippen LogP contribution in [0.4, 0.5) is 10.1 Å². The number of aromatic nitrogens is 4. The predicted molar refractivity (Wildman–Crippen MR) is 132 cm³/mol. The molecule has 1 aliphatic rings. The van der Waals surface area contributed by atoms with Crippen LogP contribution in [0, 0.1) is 17.7 Å². The van der Waals surface area contributed by atoms with E-state index in [1.165, 1.54) is 6.07 Å². The van der Waals surface area contributed by atoms with Gasteiger partial charge in [-0.15, -0.1) is 0 Å². The van der Waals surface area contributed by atoms with E-state index >= 15 is 4.39 Å². The number of anilines is 1. The molecular formula is C27H19FN6O. The van der Waals surface area contributed by atoms with Crippen molar-refractivity contribution in [1.29, 1.82) is 0 Å². The van der Waals surface area contributed by atoms with Crippen LogP contribution >= 0.6 is 0 Å². The molecule has 4 heterocycles. The standard InChI is InChI=1S/C27H19FN6O/c28-22-13-20(6-8-25(22)33-11-10-30-26(35)16-33)34-17-32-24-15-31-23-7-5-18(12-21(23)27(24)34)3-4-19-2-1-9-29-14-19/h1-2,5-9,12-15,17H,10-11,16H2,(H,30,35). The summed E-state index contributed by atoms with van der Waals surface area (Å²) < 4.78 is 17.0. The van der Waals surface area contributed by atoms with E-state index in [-0.39, 0.29) is 18.3 Å². The second kappa shape index (κ2) is 8.54. The van der Waals surface area contributed by atoms with Gasteiger partial charge in [-0.1, -0.05) is 11.8 Å². The molecule has 1 saturated heterocycles. The SMILES string of the molecule is O=C1CN(c2ccc(-n3cnc4cnc5ccc(C#Cc6cccnc6)cc5c43)cc2F)CCN1. The van der Waals surface area contributed by atoms with Gasteiger partial charge in [0.1, 0.15) is 17.7 Å². The molecule has 170 valence electrons. The van der Waals surface area contributed by atoms with Gasteiger partial charge in [0.25, 0.3) is 0 Å². The first-order chi connectivity index (χ1) is 17.2. The summed E-state index contributed by atoms with van der Waals surface area (Å²) in [7, 11) is 0. The average Bonchev–Trinajstić information content (AvgIpc) is 3.33. The molecule has 0 bridgehead atoms. The van der Waals surface area contributed by atoms with Crippen LogP contribution in [0.1, 0.15) is 11.1 Å². The zero-order chi connectivity index (χ0) is 23.8. The first kappa shape index (κ1) is 20.8. The highest BCUT2D eigenvalue weighted by molar-refractivity contribution is 6.03. The number of piperazine rings is 1. The third-order valence-electron chi connectivity index (χ3n) is 5.97. The number of carbonyl (C=O) groups excluding carboxylic acids is 1. The number of fused-ring (bicyclic) bond motifs is 3. The summed E-state index contributed by atoms with van der Waals surface area (Å²) in [5.74, 6) is 5.81. The summed E-state index contributed by atoms with van der Waals surface area (Å²) in [4.78, 5) is 26.6. The molecule has 5 aromatic rings. The molecule has 7 nitrogen and oxygen atoms in total. The van der Waals surface area contributed by atoms with Crippen molar-refractivity contribution >= 4 is 33.5 Å². The van der Waals surface area contributed by atoms with Crippen molar-refractivity contribution in [3.05, 3.63) is 90.4 Å². The van der Waals surface area contributed by atoms with Gasteiger partial charge in [0.05, 0.1) is 35.1 Å². The normalized spacial score (nSPS) is 13.5. The number of imidazole rings is 1. The average molecular weight is 462 g/mol. The Bertz CT molecular complexity index is 1650. The minimum absolute atomic E-state index is 0.110. The number of nitrogens with one attached hydrogen (secondary N) is 1. The van der Waals surface area contributed by atoms with Gasteiger partial charge < -0.3 is 10.2 Å². The van der Waals surface area contributed by atoms with E-state index in [2.05, 4.69) is 32.1 Å². The topological polar surface area (TPSA) is 75.9 Å². The Hall–Kier alpha value is -4.77. The zero-order valence-electron chi connectivity index (χ0n) is 18.6.